The minimum Gasteiger partial charge on any atom is -0.375 e. The third-order valence-corrected chi connectivity index (χ3v) is 4.77. The Bertz CT molecular complexity index is 378. The predicted molar refractivity (Wildman–Crippen MR) is 114 cm³/mol. The van der Waals surface area contributed by atoms with Crippen molar-refractivity contribution in [3.05, 3.63) is 0 Å². The van der Waals surface area contributed by atoms with Crippen LogP contribution in [0, 0.1) is 0 Å². The Labute approximate surface area is 170 Å². The zero-order chi connectivity index (χ0) is 17.2. The van der Waals surface area contributed by atoms with Crippen LogP contribution < -0.4 is 5.32 Å². The van der Waals surface area contributed by atoms with Gasteiger partial charge >= 0.3 is 0 Å². The van der Waals surface area contributed by atoms with E-state index in [1.807, 2.05) is 0 Å². The molecule has 25 heavy (non-hydrogen) atoms. The van der Waals surface area contributed by atoms with Crippen molar-refractivity contribution in [1.82, 2.24) is 15.1 Å². The number of ether oxygens (including phenoxy) is 2. The maximum Gasteiger partial charge on any atom is 0.194 e. The average molecular weight is 468 g/mol. The monoisotopic (exact) mass is 468 g/mol. The van der Waals surface area contributed by atoms with Gasteiger partial charge in [-0.3, -0.25) is 4.99 Å². The Morgan fingerprint density at radius 3 is 2.60 bits per heavy atom. The fourth-order valence-electron chi connectivity index (χ4n) is 3.46. The first-order valence-corrected chi connectivity index (χ1v) is 9.77. The van der Waals surface area contributed by atoms with Gasteiger partial charge in [0.2, 0.25) is 0 Å². The van der Waals surface area contributed by atoms with E-state index >= 15 is 0 Å². The lowest BCUT2D eigenvalue weighted by Crippen LogP contribution is -2.53. The second-order valence-electron chi connectivity index (χ2n) is 6.58. The van der Waals surface area contributed by atoms with E-state index in [1.165, 1.54) is 6.42 Å². The van der Waals surface area contributed by atoms with Crippen molar-refractivity contribution >= 4 is 29.9 Å². The lowest BCUT2D eigenvalue weighted by Gasteiger charge is -2.37. The summed E-state index contributed by atoms with van der Waals surface area (Å²) >= 11 is 0. The first-order valence-electron chi connectivity index (χ1n) is 9.77. The lowest BCUT2D eigenvalue weighted by molar-refractivity contribution is -0.0817. The van der Waals surface area contributed by atoms with Gasteiger partial charge in [-0.15, -0.1) is 24.0 Å². The predicted octanol–water partition coefficient (Wildman–Crippen LogP) is 2.18. The van der Waals surface area contributed by atoms with Crippen LogP contribution in [0.1, 0.15) is 40.0 Å². The van der Waals surface area contributed by atoms with Crippen molar-refractivity contribution in [2.24, 2.45) is 4.99 Å². The summed E-state index contributed by atoms with van der Waals surface area (Å²) in [7, 11) is 0. The second-order valence-corrected chi connectivity index (χ2v) is 6.58. The molecule has 6 nitrogen and oxygen atoms in total. The van der Waals surface area contributed by atoms with Gasteiger partial charge in [-0.05, 0) is 39.3 Å². The van der Waals surface area contributed by atoms with Crippen LogP contribution in [0.5, 0.6) is 0 Å². The summed E-state index contributed by atoms with van der Waals surface area (Å²) in [5.41, 5.74) is 0. The highest BCUT2D eigenvalue weighted by molar-refractivity contribution is 14.0. The molecule has 0 radical (unpaired) electrons. The van der Waals surface area contributed by atoms with Crippen LogP contribution in [0.2, 0.25) is 0 Å². The quantitative estimate of drug-likeness (QED) is 0.336. The van der Waals surface area contributed by atoms with Crippen LogP contribution in [0.15, 0.2) is 4.99 Å². The third-order valence-electron chi connectivity index (χ3n) is 4.77. The molecule has 0 spiro atoms. The van der Waals surface area contributed by atoms with Crippen molar-refractivity contribution in [2.45, 2.75) is 52.2 Å². The molecule has 0 amide bonds. The van der Waals surface area contributed by atoms with Gasteiger partial charge in [0.1, 0.15) is 6.10 Å². The second kappa shape index (κ2) is 13.1. The molecule has 0 aromatic carbocycles. The molecule has 1 N–H and O–H groups in total. The number of hydrogen-bond donors (Lipinski definition) is 1. The molecule has 7 heteroatoms. The first-order chi connectivity index (χ1) is 11.8. The molecule has 2 saturated heterocycles. The minimum absolute atomic E-state index is 0. The summed E-state index contributed by atoms with van der Waals surface area (Å²) in [5, 5.41) is 3.45. The molecule has 2 aliphatic heterocycles. The molecule has 0 bridgehead atoms. The number of guanidine groups is 1. The molecule has 0 aromatic heterocycles. The van der Waals surface area contributed by atoms with Gasteiger partial charge in [-0.2, -0.15) is 0 Å². The Balaban J connectivity index is 0.00000312. The maximum absolute atomic E-state index is 5.95. The molecular formula is C18H37IN4O2. The van der Waals surface area contributed by atoms with Gasteiger partial charge in [0, 0.05) is 32.8 Å². The van der Waals surface area contributed by atoms with E-state index in [1.54, 1.807) is 0 Å². The number of aliphatic imine (C=N–C) groups is 1. The van der Waals surface area contributed by atoms with Crippen LogP contribution in [0.4, 0.5) is 0 Å². The van der Waals surface area contributed by atoms with Crippen molar-refractivity contribution in [3.8, 4) is 0 Å². The SMILES string of the molecule is CCCN(CC)CCN=C(NCC)N1CCOC(C2CCCO2)C1.I. The van der Waals surface area contributed by atoms with Gasteiger partial charge in [-0.1, -0.05) is 13.8 Å². The van der Waals surface area contributed by atoms with Crippen LogP contribution in [0.25, 0.3) is 0 Å². The van der Waals surface area contributed by atoms with E-state index in [0.717, 1.165) is 77.8 Å². The summed E-state index contributed by atoms with van der Waals surface area (Å²) in [5.74, 6) is 1.02. The first kappa shape index (κ1) is 22.9. The third kappa shape index (κ3) is 7.56. The van der Waals surface area contributed by atoms with Gasteiger partial charge < -0.3 is 24.6 Å². The van der Waals surface area contributed by atoms with Crippen molar-refractivity contribution < 1.29 is 9.47 Å². The summed E-state index contributed by atoms with van der Waals surface area (Å²) in [6.45, 7) is 15.0. The lowest BCUT2D eigenvalue weighted by atomic mass is 10.1. The smallest absolute Gasteiger partial charge is 0.194 e. The highest BCUT2D eigenvalue weighted by Gasteiger charge is 2.32. The Morgan fingerprint density at radius 2 is 1.96 bits per heavy atom. The zero-order valence-electron chi connectivity index (χ0n) is 16.2. The van der Waals surface area contributed by atoms with Crippen molar-refractivity contribution in [1.29, 1.82) is 0 Å². The number of nitrogens with one attached hydrogen (secondary N) is 1. The number of morpholine rings is 1. The molecule has 2 unspecified atom stereocenters. The van der Waals surface area contributed by atoms with E-state index in [2.05, 4.69) is 35.9 Å². The summed E-state index contributed by atoms with van der Waals surface area (Å²) in [4.78, 5) is 9.66. The van der Waals surface area contributed by atoms with Gasteiger partial charge in [-0.25, -0.2) is 0 Å². The maximum atomic E-state index is 5.95. The van der Waals surface area contributed by atoms with Crippen LogP contribution in [0.3, 0.4) is 0 Å². The summed E-state index contributed by atoms with van der Waals surface area (Å²) < 4.78 is 11.8. The van der Waals surface area contributed by atoms with Crippen LogP contribution >= 0.6 is 24.0 Å². The number of rotatable bonds is 8. The van der Waals surface area contributed by atoms with Crippen molar-refractivity contribution in [3.63, 3.8) is 0 Å². The Hall–Kier alpha value is -0.120. The minimum atomic E-state index is 0. The Kier molecular flexibility index (Phi) is 12.0. The van der Waals surface area contributed by atoms with Crippen LogP contribution in [-0.2, 0) is 9.47 Å². The fourth-order valence-corrected chi connectivity index (χ4v) is 3.46. The normalized spacial score (nSPS) is 24.5. The molecule has 2 heterocycles. The van der Waals surface area contributed by atoms with Gasteiger partial charge in [0.05, 0.1) is 19.3 Å². The molecule has 2 atom stereocenters. The highest BCUT2D eigenvalue weighted by Crippen LogP contribution is 2.21. The molecule has 2 aliphatic rings. The Morgan fingerprint density at radius 1 is 1.16 bits per heavy atom. The van der Waals surface area contributed by atoms with E-state index < -0.39 is 0 Å². The molecular weight excluding hydrogens is 431 g/mol. The number of hydrogen-bond acceptors (Lipinski definition) is 4. The topological polar surface area (TPSA) is 49.3 Å². The van der Waals surface area contributed by atoms with Gasteiger partial charge in [0.25, 0.3) is 0 Å². The molecule has 148 valence electrons. The standard InChI is InChI=1S/C18H36N4O2.HI/c1-4-10-21(6-3)11-9-20-18(19-5-2)22-12-14-24-17(15-22)16-8-7-13-23-16;/h16-17H,4-15H2,1-3H3,(H,19,20);1H. The summed E-state index contributed by atoms with van der Waals surface area (Å²) in [6, 6.07) is 0. The van der Waals surface area contributed by atoms with E-state index in [9.17, 15) is 0 Å². The molecule has 2 rings (SSSR count). The molecule has 0 saturated carbocycles. The molecule has 0 aliphatic carbocycles. The largest absolute Gasteiger partial charge is 0.375 e. The van der Waals surface area contributed by atoms with E-state index in [-0.39, 0.29) is 36.2 Å². The number of nitrogens with zero attached hydrogens (tertiary/aromatic N) is 3. The van der Waals surface area contributed by atoms with Gasteiger partial charge in [0.15, 0.2) is 5.96 Å². The van der Waals surface area contributed by atoms with Crippen molar-refractivity contribution in [2.75, 3.05) is 59.0 Å². The highest BCUT2D eigenvalue weighted by atomic mass is 127. The number of likely N-dealkylation sites (N-methyl/N-ethyl adjacent to an activating group) is 1. The fraction of sp³-hybridized carbons (Fsp3) is 0.944. The average Bonchev–Trinajstić information content (AvgIpc) is 3.15. The summed E-state index contributed by atoms with van der Waals surface area (Å²) in [6.07, 6.45) is 3.91. The molecule has 0 aromatic rings. The van der Waals surface area contributed by atoms with Crippen LogP contribution in [-0.4, -0.2) is 87.0 Å². The number of halogens is 1. The van der Waals surface area contributed by atoms with E-state index in [0.29, 0.717) is 0 Å². The van der Waals surface area contributed by atoms with E-state index in [4.69, 9.17) is 14.5 Å². The zero-order valence-corrected chi connectivity index (χ0v) is 18.5. The molecule has 2 fully saturated rings.